The average Bonchev–Trinajstić information content (AvgIpc) is 2.78. The van der Waals surface area contributed by atoms with Crippen LogP contribution in [0, 0.1) is 5.92 Å². The second-order valence-electron chi connectivity index (χ2n) is 3.46. The maximum atomic E-state index is 4.15. The summed E-state index contributed by atoms with van der Waals surface area (Å²) in [7, 11) is 0. The highest BCUT2D eigenvalue weighted by Gasteiger charge is 2.25. The molecule has 0 amide bonds. The van der Waals surface area contributed by atoms with Gasteiger partial charge in [-0.2, -0.15) is 15.4 Å². The number of aryl methyl sites for hydroxylation is 1. The Morgan fingerprint density at radius 1 is 1.07 bits per heavy atom. The van der Waals surface area contributed by atoms with Crippen molar-refractivity contribution in [1.29, 1.82) is 0 Å². The van der Waals surface area contributed by atoms with Crippen LogP contribution in [-0.4, -0.2) is 15.4 Å². The Bertz CT molecular complexity index is 255. The largest absolute Gasteiger partial charge is 0.197 e. The molecule has 3 heteroatoms. The molecule has 3 nitrogen and oxygen atoms in total. The summed E-state index contributed by atoms with van der Waals surface area (Å²) >= 11 is 0. The molecule has 0 saturated carbocycles. The zero-order valence-electron chi connectivity index (χ0n) is 11.0. The third kappa shape index (κ3) is 3.33. The highest BCUT2D eigenvalue weighted by Crippen LogP contribution is 2.32. The van der Waals surface area contributed by atoms with E-state index in [1.807, 2.05) is 27.7 Å². The zero-order valence-corrected chi connectivity index (χ0v) is 11.0. The standard InChI is InChI=1S/C8H13N3.2C2H6/c1-5-3-4-7-8(6(5)2)10-11-9-7;2*1-2/h5-6H,3-4H2,1-2H3,(H,9,10,11);2*1-2H3. The summed E-state index contributed by atoms with van der Waals surface area (Å²) in [5.74, 6) is 1.34. The first-order valence-corrected chi connectivity index (χ1v) is 6.18. The van der Waals surface area contributed by atoms with Gasteiger partial charge in [0.25, 0.3) is 0 Å². The molecule has 1 N–H and O–H groups in total. The molecule has 2 unspecified atom stereocenters. The van der Waals surface area contributed by atoms with Crippen molar-refractivity contribution in [2.24, 2.45) is 5.92 Å². The number of nitrogens with zero attached hydrogens (tertiary/aromatic N) is 2. The van der Waals surface area contributed by atoms with Crippen LogP contribution in [0.25, 0.3) is 0 Å². The zero-order chi connectivity index (χ0) is 11.8. The maximum absolute atomic E-state index is 4.15. The van der Waals surface area contributed by atoms with Crippen molar-refractivity contribution in [2.75, 3.05) is 0 Å². The number of H-pyrrole nitrogens is 1. The lowest BCUT2D eigenvalue weighted by molar-refractivity contribution is 0.417. The Hall–Kier alpha value is -0.860. The minimum Gasteiger partial charge on any atom is -0.197 e. The van der Waals surface area contributed by atoms with Crippen LogP contribution in [0.5, 0.6) is 0 Å². The predicted octanol–water partition coefficient (Wildman–Crippen LogP) is 3.54. The van der Waals surface area contributed by atoms with Crippen molar-refractivity contribution in [2.45, 2.75) is 60.3 Å². The van der Waals surface area contributed by atoms with Crippen LogP contribution in [-0.2, 0) is 6.42 Å². The van der Waals surface area contributed by atoms with E-state index in [2.05, 4.69) is 29.3 Å². The molecule has 0 bridgehead atoms. The first kappa shape index (κ1) is 14.1. The van der Waals surface area contributed by atoms with Crippen LogP contribution in [0.2, 0.25) is 0 Å². The molecule has 1 aliphatic carbocycles. The Morgan fingerprint density at radius 2 is 1.67 bits per heavy atom. The molecular weight excluding hydrogens is 186 g/mol. The van der Waals surface area contributed by atoms with E-state index in [1.165, 1.54) is 17.8 Å². The van der Waals surface area contributed by atoms with E-state index < -0.39 is 0 Å². The molecule has 15 heavy (non-hydrogen) atoms. The second kappa shape index (κ2) is 7.43. The Balaban J connectivity index is 0.000000442. The van der Waals surface area contributed by atoms with Crippen molar-refractivity contribution < 1.29 is 0 Å². The van der Waals surface area contributed by atoms with Crippen LogP contribution in [0.4, 0.5) is 0 Å². The summed E-state index contributed by atoms with van der Waals surface area (Å²) in [6.45, 7) is 12.5. The minimum absolute atomic E-state index is 0.581. The molecule has 1 aromatic rings. The number of hydrogen-bond acceptors (Lipinski definition) is 2. The SMILES string of the molecule is CC.CC.CC1CCc2n[nH]nc2C1C. The lowest BCUT2D eigenvalue weighted by Gasteiger charge is -2.22. The van der Waals surface area contributed by atoms with Gasteiger partial charge in [0.2, 0.25) is 0 Å². The molecule has 0 fully saturated rings. The van der Waals surface area contributed by atoms with Gasteiger partial charge in [-0.3, -0.25) is 0 Å². The van der Waals surface area contributed by atoms with E-state index in [4.69, 9.17) is 0 Å². The van der Waals surface area contributed by atoms with Crippen molar-refractivity contribution in [3.8, 4) is 0 Å². The van der Waals surface area contributed by atoms with Crippen LogP contribution in [0.15, 0.2) is 0 Å². The maximum Gasteiger partial charge on any atom is 0.0887 e. The summed E-state index contributed by atoms with van der Waals surface area (Å²) in [5, 5.41) is 10.9. The molecule has 1 aromatic heterocycles. The fraction of sp³-hybridized carbons (Fsp3) is 0.833. The number of nitrogens with one attached hydrogen (secondary N) is 1. The van der Waals surface area contributed by atoms with Gasteiger partial charge in [0, 0.05) is 5.92 Å². The summed E-state index contributed by atoms with van der Waals surface area (Å²) in [6, 6.07) is 0. The third-order valence-corrected chi connectivity index (χ3v) is 2.77. The lowest BCUT2D eigenvalue weighted by Crippen LogP contribution is -2.15. The topological polar surface area (TPSA) is 41.6 Å². The fourth-order valence-corrected chi connectivity index (χ4v) is 1.69. The highest BCUT2D eigenvalue weighted by molar-refractivity contribution is 5.17. The molecule has 0 saturated heterocycles. The normalized spacial score (nSPS) is 22.8. The summed E-state index contributed by atoms with van der Waals surface area (Å²) in [4.78, 5) is 0. The van der Waals surface area contributed by atoms with Gasteiger partial charge in [-0.25, -0.2) is 0 Å². The highest BCUT2D eigenvalue weighted by atomic mass is 15.3. The first-order chi connectivity index (χ1) is 7.29. The lowest BCUT2D eigenvalue weighted by atomic mass is 9.82. The van der Waals surface area contributed by atoms with Gasteiger partial charge in [0.05, 0.1) is 11.4 Å². The number of rotatable bonds is 0. The third-order valence-electron chi connectivity index (χ3n) is 2.77. The monoisotopic (exact) mass is 211 g/mol. The number of aromatic nitrogens is 3. The molecule has 0 aliphatic heterocycles. The van der Waals surface area contributed by atoms with Gasteiger partial charge in [-0.15, -0.1) is 0 Å². The van der Waals surface area contributed by atoms with Gasteiger partial charge in [0.1, 0.15) is 0 Å². The summed E-state index contributed by atoms with van der Waals surface area (Å²) in [5.41, 5.74) is 2.36. The first-order valence-electron chi connectivity index (χ1n) is 6.18. The molecular formula is C12H25N3. The minimum atomic E-state index is 0.581. The molecule has 0 radical (unpaired) electrons. The fourth-order valence-electron chi connectivity index (χ4n) is 1.69. The molecule has 2 rings (SSSR count). The van der Waals surface area contributed by atoms with Crippen molar-refractivity contribution >= 4 is 0 Å². The molecule has 0 aromatic carbocycles. The van der Waals surface area contributed by atoms with Gasteiger partial charge in [-0.1, -0.05) is 41.5 Å². The molecule has 0 spiro atoms. The van der Waals surface area contributed by atoms with Crippen molar-refractivity contribution in [3.05, 3.63) is 11.4 Å². The predicted molar refractivity (Wildman–Crippen MR) is 65.0 cm³/mol. The number of fused-ring (bicyclic) bond motifs is 1. The van der Waals surface area contributed by atoms with Crippen molar-refractivity contribution in [1.82, 2.24) is 15.4 Å². The van der Waals surface area contributed by atoms with Crippen molar-refractivity contribution in [3.63, 3.8) is 0 Å². The van der Waals surface area contributed by atoms with Crippen LogP contribution in [0.1, 0.15) is 65.3 Å². The number of aromatic amines is 1. The average molecular weight is 211 g/mol. The van der Waals surface area contributed by atoms with E-state index >= 15 is 0 Å². The number of hydrogen-bond donors (Lipinski definition) is 1. The van der Waals surface area contributed by atoms with E-state index in [9.17, 15) is 0 Å². The van der Waals surface area contributed by atoms with Gasteiger partial charge < -0.3 is 0 Å². The van der Waals surface area contributed by atoms with E-state index in [1.54, 1.807) is 0 Å². The Kier molecular flexibility index (Phi) is 7.01. The van der Waals surface area contributed by atoms with Crippen LogP contribution >= 0.6 is 0 Å². The van der Waals surface area contributed by atoms with Gasteiger partial charge >= 0.3 is 0 Å². The van der Waals surface area contributed by atoms with E-state index in [0.29, 0.717) is 5.92 Å². The molecule has 2 atom stereocenters. The Morgan fingerprint density at radius 3 is 2.27 bits per heavy atom. The summed E-state index contributed by atoms with van der Waals surface area (Å²) < 4.78 is 0. The molecule has 1 aliphatic rings. The van der Waals surface area contributed by atoms with E-state index in [0.717, 1.165) is 12.3 Å². The van der Waals surface area contributed by atoms with Crippen LogP contribution in [0.3, 0.4) is 0 Å². The van der Waals surface area contributed by atoms with Crippen LogP contribution < -0.4 is 0 Å². The van der Waals surface area contributed by atoms with Gasteiger partial charge in [-0.05, 0) is 18.8 Å². The Labute approximate surface area is 93.7 Å². The smallest absolute Gasteiger partial charge is 0.0887 e. The molecule has 1 heterocycles. The second-order valence-corrected chi connectivity index (χ2v) is 3.46. The molecule has 88 valence electrons. The quantitative estimate of drug-likeness (QED) is 0.713. The summed E-state index contributed by atoms with van der Waals surface area (Å²) in [6.07, 6.45) is 2.35. The van der Waals surface area contributed by atoms with Gasteiger partial charge in [0.15, 0.2) is 0 Å². The van der Waals surface area contributed by atoms with E-state index in [-0.39, 0.29) is 0 Å².